The molecule has 2 amide bonds. The van der Waals surface area contributed by atoms with Crippen molar-refractivity contribution >= 4 is 17.6 Å². The van der Waals surface area contributed by atoms with Crippen LogP contribution in [0.2, 0.25) is 0 Å². The van der Waals surface area contributed by atoms with Crippen molar-refractivity contribution in [3.05, 3.63) is 24.4 Å². The van der Waals surface area contributed by atoms with Crippen LogP contribution in [-0.2, 0) is 9.59 Å². The summed E-state index contributed by atoms with van der Waals surface area (Å²) in [5.41, 5.74) is 5.93. The van der Waals surface area contributed by atoms with Crippen molar-refractivity contribution < 1.29 is 9.59 Å². The van der Waals surface area contributed by atoms with Crippen molar-refractivity contribution in [1.29, 1.82) is 0 Å². The quantitative estimate of drug-likeness (QED) is 0.740. The zero-order valence-electron chi connectivity index (χ0n) is 16.7. The first kappa shape index (κ1) is 20.6. The molecule has 3 rings (SSSR count). The first-order chi connectivity index (χ1) is 13.6. The standard InChI is InChI=1S/C21H33N5O2/c22-17-21(8-3-1-4-9-21)16-19(27)24-11-7-20(28)26-14-12-25(13-15-26)18-6-2-5-10-23-18/h2,5-6,10H,1,3-4,7-9,11-17,22H2,(H,24,27). The summed E-state index contributed by atoms with van der Waals surface area (Å²) in [5.74, 6) is 1.09. The Morgan fingerprint density at radius 3 is 2.50 bits per heavy atom. The third-order valence-electron chi connectivity index (χ3n) is 6.15. The summed E-state index contributed by atoms with van der Waals surface area (Å²) in [7, 11) is 0. The lowest BCUT2D eigenvalue weighted by atomic mass is 9.71. The van der Waals surface area contributed by atoms with Gasteiger partial charge in [0.2, 0.25) is 11.8 Å². The maximum absolute atomic E-state index is 12.5. The number of piperazine rings is 1. The van der Waals surface area contributed by atoms with Crippen LogP contribution < -0.4 is 16.0 Å². The second-order valence-electron chi connectivity index (χ2n) is 8.10. The number of nitrogens with zero attached hydrogens (tertiary/aromatic N) is 3. The van der Waals surface area contributed by atoms with Crippen LogP contribution >= 0.6 is 0 Å². The zero-order valence-corrected chi connectivity index (χ0v) is 16.7. The van der Waals surface area contributed by atoms with E-state index < -0.39 is 0 Å². The number of nitrogens with two attached hydrogens (primary N) is 1. The van der Waals surface area contributed by atoms with E-state index >= 15 is 0 Å². The minimum absolute atomic E-state index is 0.0279. The number of rotatable bonds is 7. The Morgan fingerprint density at radius 1 is 1.11 bits per heavy atom. The van der Waals surface area contributed by atoms with E-state index in [1.165, 1.54) is 6.42 Å². The summed E-state index contributed by atoms with van der Waals surface area (Å²) in [5, 5.41) is 2.93. The zero-order chi connectivity index (χ0) is 19.8. The van der Waals surface area contributed by atoms with Crippen LogP contribution in [0.25, 0.3) is 0 Å². The number of amides is 2. The Balaban J connectivity index is 1.36. The molecular formula is C21H33N5O2. The maximum atomic E-state index is 12.5. The highest BCUT2D eigenvalue weighted by atomic mass is 16.2. The van der Waals surface area contributed by atoms with Crippen molar-refractivity contribution in [2.75, 3.05) is 44.2 Å². The first-order valence-corrected chi connectivity index (χ1v) is 10.5. The van der Waals surface area contributed by atoms with E-state index in [1.807, 2.05) is 23.1 Å². The number of hydrogen-bond acceptors (Lipinski definition) is 5. The molecule has 1 aromatic heterocycles. The van der Waals surface area contributed by atoms with Crippen molar-refractivity contribution in [1.82, 2.24) is 15.2 Å². The summed E-state index contributed by atoms with van der Waals surface area (Å²) >= 11 is 0. The predicted molar refractivity (Wildman–Crippen MR) is 110 cm³/mol. The number of pyridine rings is 1. The Kier molecular flexibility index (Phi) is 7.25. The van der Waals surface area contributed by atoms with Crippen molar-refractivity contribution in [2.45, 2.75) is 44.9 Å². The lowest BCUT2D eigenvalue weighted by molar-refractivity contribution is -0.131. The van der Waals surface area contributed by atoms with Gasteiger partial charge in [0.25, 0.3) is 0 Å². The molecule has 0 bridgehead atoms. The molecule has 0 spiro atoms. The van der Waals surface area contributed by atoms with E-state index in [2.05, 4.69) is 15.2 Å². The lowest BCUT2D eigenvalue weighted by Crippen LogP contribution is -2.49. The minimum atomic E-state index is -0.0336. The van der Waals surface area contributed by atoms with Gasteiger partial charge in [0.1, 0.15) is 5.82 Å². The number of carbonyl (C=O) groups is 2. The summed E-state index contributed by atoms with van der Waals surface area (Å²) in [6.45, 7) is 3.93. The maximum Gasteiger partial charge on any atom is 0.224 e. The molecule has 0 radical (unpaired) electrons. The van der Waals surface area contributed by atoms with Crippen LogP contribution in [0.1, 0.15) is 44.9 Å². The SMILES string of the molecule is NCC1(CC(=O)NCCC(=O)N2CCN(c3ccccn3)CC2)CCCCC1. The van der Waals surface area contributed by atoms with E-state index in [0.717, 1.165) is 44.6 Å². The highest BCUT2D eigenvalue weighted by Gasteiger charge is 2.33. The number of carbonyl (C=O) groups excluding carboxylic acids is 2. The molecule has 1 saturated heterocycles. The molecule has 2 heterocycles. The highest BCUT2D eigenvalue weighted by Crippen LogP contribution is 2.38. The fourth-order valence-corrected chi connectivity index (χ4v) is 4.35. The molecule has 1 aliphatic carbocycles. The Bertz CT molecular complexity index is 637. The first-order valence-electron chi connectivity index (χ1n) is 10.5. The van der Waals surface area contributed by atoms with E-state index in [1.54, 1.807) is 6.20 Å². The van der Waals surface area contributed by atoms with Crippen molar-refractivity contribution in [3.8, 4) is 0 Å². The van der Waals surface area contributed by atoms with Crippen LogP contribution in [0.3, 0.4) is 0 Å². The van der Waals surface area contributed by atoms with Gasteiger partial charge in [0, 0.05) is 51.8 Å². The summed E-state index contributed by atoms with van der Waals surface area (Å²) in [4.78, 5) is 33.2. The van der Waals surface area contributed by atoms with Gasteiger partial charge in [-0.05, 0) is 36.9 Å². The monoisotopic (exact) mass is 387 g/mol. The molecule has 28 heavy (non-hydrogen) atoms. The van der Waals surface area contributed by atoms with Gasteiger partial charge in [-0.25, -0.2) is 4.98 Å². The lowest BCUT2D eigenvalue weighted by Gasteiger charge is -2.36. The van der Waals surface area contributed by atoms with Crippen molar-refractivity contribution in [3.63, 3.8) is 0 Å². The highest BCUT2D eigenvalue weighted by molar-refractivity contribution is 5.79. The Morgan fingerprint density at radius 2 is 1.86 bits per heavy atom. The summed E-state index contributed by atoms with van der Waals surface area (Å²) in [6.07, 6.45) is 8.27. The van der Waals surface area contributed by atoms with Gasteiger partial charge in [-0.15, -0.1) is 0 Å². The van der Waals surface area contributed by atoms with E-state index in [4.69, 9.17) is 5.73 Å². The van der Waals surface area contributed by atoms with Crippen LogP contribution in [0.15, 0.2) is 24.4 Å². The van der Waals surface area contributed by atoms with Crippen LogP contribution in [0.4, 0.5) is 5.82 Å². The fraction of sp³-hybridized carbons (Fsp3) is 0.667. The molecule has 7 nitrogen and oxygen atoms in total. The number of hydrogen-bond donors (Lipinski definition) is 2. The van der Waals surface area contributed by atoms with Gasteiger partial charge in [0.05, 0.1) is 0 Å². The topological polar surface area (TPSA) is 91.6 Å². The second kappa shape index (κ2) is 9.87. The van der Waals surface area contributed by atoms with Gasteiger partial charge in [-0.3, -0.25) is 9.59 Å². The third kappa shape index (κ3) is 5.44. The molecule has 7 heteroatoms. The third-order valence-corrected chi connectivity index (χ3v) is 6.15. The van der Waals surface area contributed by atoms with Gasteiger partial charge >= 0.3 is 0 Å². The summed E-state index contributed by atoms with van der Waals surface area (Å²) in [6, 6.07) is 5.87. The number of aromatic nitrogens is 1. The van der Waals surface area contributed by atoms with Gasteiger partial charge in [-0.2, -0.15) is 0 Å². The number of nitrogens with one attached hydrogen (secondary N) is 1. The molecule has 2 aliphatic rings. The van der Waals surface area contributed by atoms with Crippen LogP contribution in [-0.4, -0.2) is 61.0 Å². The smallest absolute Gasteiger partial charge is 0.224 e. The van der Waals surface area contributed by atoms with Crippen LogP contribution in [0.5, 0.6) is 0 Å². The molecule has 1 aliphatic heterocycles. The molecule has 0 unspecified atom stereocenters. The predicted octanol–water partition coefficient (Wildman–Crippen LogP) is 1.54. The fourth-order valence-electron chi connectivity index (χ4n) is 4.35. The van der Waals surface area contributed by atoms with Gasteiger partial charge in [0.15, 0.2) is 0 Å². The normalized spacial score (nSPS) is 19.3. The van der Waals surface area contributed by atoms with Gasteiger partial charge < -0.3 is 20.9 Å². The average Bonchev–Trinajstić information content (AvgIpc) is 2.75. The van der Waals surface area contributed by atoms with Crippen LogP contribution in [0, 0.1) is 5.41 Å². The van der Waals surface area contributed by atoms with Gasteiger partial charge in [-0.1, -0.05) is 25.3 Å². The molecule has 0 atom stereocenters. The van der Waals surface area contributed by atoms with E-state index in [9.17, 15) is 9.59 Å². The Hall–Kier alpha value is -2.15. The largest absolute Gasteiger partial charge is 0.356 e. The molecule has 2 fully saturated rings. The molecule has 154 valence electrons. The van der Waals surface area contributed by atoms with E-state index in [0.29, 0.717) is 39.0 Å². The number of anilines is 1. The molecular weight excluding hydrogens is 354 g/mol. The van der Waals surface area contributed by atoms with Crippen molar-refractivity contribution in [2.24, 2.45) is 11.1 Å². The van der Waals surface area contributed by atoms with E-state index in [-0.39, 0.29) is 17.2 Å². The summed E-state index contributed by atoms with van der Waals surface area (Å²) < 4.78 is 0. The second-order valence-corrected chi connectivity index (χ2v) is 8.10. The molecule has 1 aromatic rings. The molecule has 1 saturated carbocycles. The average molecular weight is 388 g/mol. The molecule has 0 aromatic carbocycles. The Labute approximate surface area is 167 Å². The molecule has 3 N–H and O–H groups in total. The minimum Gasteiger partial charge on any atom is -0.356 e.